The Morgan fingerprint density at radius 3 is 2.67 bits per heavy atom. The highest BCUT2D eigenvalue weighted by Gasteiger charge is 2.19. The number of nitrogens with zero attached hydrogens (tertiary/aromatic N) is 3. The lowest BCUT2D eigenvalue weighted by Crippen LogP contribution is -2.15. The maximum Gasteiger partial charge on any atom is 0.136 e. The van der Waals surface area contributed by atoms with Crippen molar-refractivity contribution in [2.45, 2.75) is 6.04 Å². The Labute approximate surface area is 127 Å². The van der Waals surface area contributed by atoms with Crippen molar-refractivity contribution in [3.63, 3.8) is 0 Å². The standard InChI is InChI=1S/C16H14N4S/c1-20-9-8-18-16(20)15(14-3-2-10-21-14)19-13-6-4-12(11-17)5-7-13/h2-10,15,19H,1H3. The summed E-state index contributed by atoms with van der Waals surface area (Å²) < 4.78 is 2.01. The third-order valence-corrected chi connectivity index (χ3v) is 4.21. The van der Waals surface area contributed by atoms with Crippen LogP contribution in [-0.4, -0.2) is 9.55 Å². The zero-order valence-electron chi connectivity index (χ0n) is 11.5. The first-order chi connectivity index (χ1) is 10.3. The SMILES string of the molecule is Cn1ccnc1C(Nc1ccc(C#N)cc1)c1cccs1. The molecule has 2 heterocycles. The lowest BCUT2D eigenvalue weighted by Gasteiger charge is -2.18. The van der Waals surface area contributed by atoms with Crippen LogP contribution in [0.4, 0.5) is 5.69 Å². The van der Waals surface area contributed by atoms with E-state index < -0.39 is 0 Å². The van der Waals surface area contributed by atoms with Crippen molar-refractivity contribution < 1.29 is 0 Å². The van der Waals surface area contributed by atoms with Crippen LogP contribution in [0, 0.1) is 11.3 Å². The highest BCUT2D eigenvalue weighted by atomic mass is 32.1. The average molecular weight is 294 g/mol. The normalized spacial score (nSPS) is 11.8. The second-order valence-electron chi connectivity index (χ2n) is 4.68. The molecule has 5 heteroatoms. The number of nitriles is 1. The Morgan fingerprint density at radius 1 is 1.29 bits per heavy atom. The molecule has 3 aromatic rings. The molecule has 104 valence electrons. The first-order valence-corrected chi connectivity index (χ1v) is 7.43. The smallest absolute Gasteiger partial charge is 0.136 e. The Bertz CT molecular complexity index is 750. The molecule has 0 aliphatic heterocycles. The third kappa shape index (κ3) is 2.81. The lowest BCUT2D eigenvalue weighted by molar-refractivity contribution is 0.756. The molecule has 21 heavy (non-hydrogen) atoms. The number of nitrogens with one attached hydrogen (secondary N) is 1. The van der Waals surface area contributed by atoms with Gasteiger partial charge in [0.1, 0.15) is 11.9 Å². The molecule has 0 fully saturated rings. The van der Waals surface area contributed by atoms with Crippen LogP contribution < -0.4 is 5.32 Å². The number of aromatic nitrogens is 2. The fourth-order valence-corrected chi connectivity index (χ4v) is 2.95. The molecule has 2 aromatic heterocycles. The van der Waals surface area contributed by atoms with E-state index in [1.165, 1.54) is 4.88 Å². The first-order valence-electron chi connectivity index (χ1n) is 6.55. The zero-order valence-corrected chi connectivity index (χ0v) is 12.3. The molecule has 0 aliphatic rings. The minimum absolute atomic E-state index is 0.00191. The Morgan fingerprint density at radius 2 is 2.10 bits per heavy atom. The maximum atomic E-state index is 8.87. The molecule has 0 saturated heterocycles. The van der Waals surface area contributed by atoms with Crippen molar-refractivity contribution in [1.29, 1.82) is 5.26 Å². The van der Waals surface area contributed by atoms with Crippen molar-refractivity contribution >= 4 is 17.0 Å². The Hall–Kier alpha value is -2.58. The van der Waals surface area contributed by atoms with Gasteiger partial charge < -0.3 is 9.88 Å². The number of rotatable bonds is 4. The van der Waals surface area contributed by atoms with E-state index >= 15 is 0 Å². The number of aryl methyl sites for hydroxylation is 1. The van der Waals surface area contributed by atoms with Crippen LogP contribution in [0.5, 0.6) is 0 Å². The third-order valence-electron chi connectivity index (χ3n) is 3.27. The molecule has 0 amide bonds. The lowest BCUT2D eigenvalue weighted by atomic mass is 10.1. The van der Waals surface area contributed by atoms with Crippen molar-refractivity contribution in [3.8, 4) is 6.07 Å². The van der Waals surface area contributed by atoms with Crippen LogP contribution in [-0.2, 0) is 7.05 Å². The van der Waals surface area contributed by atoms with E-state index in [2.05, 4.69) is 27.8 Å². The quantitative estimate of drug-likeness (QED) is 0.800. The summed E-state index contributed by atoms with van der Waals surface area (Å²) in [6.07, 6.45) is 3.74. The molecule has 3 rings (SSSR count). The maximum absolute atomic E-state index is 8.87. The highest BCUT2D eigenvalue weighted by Crippen LogP contribution is 2.28. The largest absolute Gasteiger partial charge is 0.371 e. The van der Waals surface area contributed by atoms with E-state index in [-0.39, 0.29) is 6.04 Å². The summed E-state index contributed by atoms with van der Waals surface area (Å²) in [4.78, 5) is 5.66. The van der Waals surface area contributed by atoms with Gasteiger partial charge in [-0.05, 0) is 35.7 Å². The van der Waals surface area contributed by atoms with E-state index in [4.69, 9.17) is 5.26 Å². The number of thiophene rings is 1. The van der Waals surface area contributed by atoms with Gasteiger partial charge in [0, 0.05) is 30.0 Å². The predicted octanol–water partition coefficient (Wildman–Crippen LogP) is 3.55. The Balaban J connectivity index is 1.93. The first kappa shape index (κ1) is 13.4. The van der Waals surface area contributed by atoms with E-state index in [0.29, 0.717) is 5.56 Å². The average Bonchev–Trinajstić information content (AvgIpc) is 3.17. The molecular weight excluding hydrogens is 280 g/mol. The van der Waals surface area contributed by atoms with Gasteiger partial charge in [-0.15, -0.1) is 11.3 Å². The fraction of sp³-hybridized carbons (Fsp3) is 0.125. The minimum atomic E-state index is -0.00191. The molecule has 1 aromatic carbocycles. The van der Waals surface area contributed by atoms with Crippen LogP contribution in [0.2, 0.25) is 0 Å². The van der Waals surface area contributed by atoms with Gasteiger partial charge >= 0.3 is 0 Å². The number of hydrogen-bond donors (Lipinski definition) is 1. The summed E-state index contributed by atoms with van der Waals surface area (Å²) >= 11 is 1.70. The summed E-state index contributed by atoms with van der Waals surface area (Å²) in [6, 6.07) is 13.7. The van der Waals surface area contributed by atoms with Crippen LogP contribution in [0.3, 0.4) is 0 Å². The topological polar surface area (TPSA) is 53.6 Å². The van der Waals surface area contributed by atoms with E-state index in [9.17, 15) is 0 Å². The number of benzene rings is 1. The molecular formula is C16H14N4S. The molecule has 0 radical (unpaired) electrons. The van der Waals surface area contributed by atoms with E-state index in [1.54, 1.807) is 17.5 Å². The van der Waals surface area contributed by atoms with Crippen LogP contribution in [0.1, 0.15) is 22.3 Å². The summed E-state index contributed by atoms with van der Waals surface area (Å²) in [5, 5.41) is 14.4. The van der Waals surface area contributed by atoms with Crippen LogP contribution >= 0.6 is 11.3 Å². The second-order valence-corrected chi connectivity index (χ2v) is 5.66. The van der Waals surface area contributed by atoms with Crippen LogP contribution in [0.25, 0.3) is 0 Å². The number of imidazole rings is 1. The van der Waals surface area contributed by atoms with Gasteiger partial charge in [-0.25, -0.2) is 4.98 Å². The van der Waals surface area contributed by atoms with Crippen molar-refractivity contribution in [3.05, 3.63) is 70.4 Å². The molecule has 0 spiro atoms. The number of anilines is 1. The van der Waals surface area contributed by atoms with Gasteiger partial charge in [0.25, 0.3) is 0 Å². The highest BCUT2D eigenvalue weighted by molar-refractivity contribution is 7.10. The monoisotopic (exact) mass is 294 g/mol. The summed E-state index contributed by atoms with van der Waals surface area (Å²) in [7, 11) is 1.99. The Kier molecular flexibility index (Phi) is 3.71. The molecule has 1 atom stereocenters. The molecule has 4 nitrogen and oxygen atoms in total. The van der Waals surface area contributed by atoms with Crippen LogP contribution in [0.15, 0.2) is 54.2 Å². The van der Waals surface area contributed by atoms with Gasteiger partial charge in [0.05, 0.1) is 11.6 Å². The summed E-state index contributed by atoms with van der Waals surface area (Å²) in [5.41, 5.74) is 1.63. The van der Waals surface area contributed by atoms with Crippen molar-refractivity contribution in [2.24, 2.45) is 7.05 Å². The molecule has 0 aliphatic carbocycles. The van der Waals surface area contributed by atoms with Gasteiger partial charge in [-0.3, -0.25) is 0 Å². The molecule has 0 bridgehead atoms. The van der Waals surface area contributed by atoms with E-state index in [0.717, 1.165) is 11.5 Å². The molecule has 1 unspecified atom stereocenters. The minimum Gasteiger partial charge on any atom is -0.371 e. The molecule has 0 saturated carbocycles. The second kappa shape index (κ2) is 5.81. The van der Waals surface area contributed by atoms with Gasteiger partial charge in [-0.2, -0.15) is 5.26 Å². The van der Waals surface area contributed by atoms with Gasteiger partial charge in [0.15, 0.2) is 0 Å². The van der Waals surface area contributed by atoms with E-state index in [1.807, 2.05) is 48.1 Å². The summed E-state index contributed by atoms with van der Waals surface area (Å²) in [6.45, 7) is 0. The van der Waals surface area contributed by atoms with Gasteiger partial charge in [-0.1, -0.05) is 6.07 Å². The summed E-state index contributed by atoms with van der Waals surface area (Å²) in [5.74, 6) is 0.960. The van der Waals surface area contributed by atoms with Gasteiger partial charge in [0.2, 0.25) is 0 Å². The predicted molar refractivity (Wildman–Crippen MR) is 84.1 cm³/mol. The zero-order chi connectivity index (χ0) is 14.7. The fourth-order valence-electron chi connectivity index (χ4n) is 2.18. The number of hydrogen-bond acceptors (Lipinski definition) is 4. The van der Waals surface area contributed by atoms with Crippen molar-refractivity contribution in [2.75, 3.05) is 5.32 Å². The van der Waals surface area contributed by atoms with Crippen molar-refractivity contribution in [1.82, 2.24) is 9.55 Å². The molecule has 1 N–H and O–H groups in total.